The van der Waals surface area contributed by atoms with Gasteiger partial charge in [-0.25, -0.2) is 0 Å². The van der Waals surface area contributed by atoms with Crippen molar-refractivity contribution in [1.82, 2.24) is 0 Å². The van der Waals surface area contributed by atoms with Crippen LogP contribution >= 0.6 is 11.8 Å². The van der Waals surface area contributed by atoms with Crippen LogP contribution < -0.4 is 5.73 Å². The molecule has 1 aliphatic rings. The van der Waals surface area contributed by atoms with Crippen molar-refractivity contribution in [2.24, 2.45) is 11.7 Å². The Labute approximate surface area is 108 Å². The largest absolute Gasteiger partial charge is 0.381 e. The van der Waals surface area contributed by atoms with Crippen LogP contribution in [0.1, 0.15) is 31.4 Å². The topological polar surface area (TPSA) is 35.2 Å². The minimum atomic E-state index is 0.129. The molecule has 17 heavy (non-hydrogen) atoms. The van der Waals surface area contributed by atoms with Gasteiger partial charge in [0.15, 0.2) is 0 Å². The molecule has 1 heterocycles. The molecule has 1 aliphatic heterocycles. The third-order valence-corrected chi connectivity index (χ3v) is 4.48. The summed E-state index contributed by atoms with van der Waals surface area (Å²) in [4.78, 5) is 1.35. The zero-order valence-electron chi connectivity index (χ0n) is 10.4. The summed E-state index contributed by atoms with van der Waals surface area (Å²) in [5.74, 6) is 2.03. The Morgan fingerprint density at radius 1 is 1.29 bits per heavy atom. The van der Waals surface area contributed by atoms with Gasteiger partial charge in [-0.1, -0.05) is 12.1 Å². The normalized spacial score (nSPS) is 19.2. The maximum atomic E-state index is 5.83. The Bertz CT molecular complexity index is 331. The van der Waals surface area contributed by atoms with Crippen molar-refractivity contribution < 1.29 is 4.74 Å². The van der Waals surface area contributed by atoms with Gasteiger partial charge in [-0.15, -0.1) is 11.8 Å². The van der Waals surface area contributed by atoms with E-state index >= 15 is 0 Å². The number of ether oxygens (including phenoxy) is 1. The van der Waals surface area contributed by atoms with Crippen molar-refractivity contribution in [3.8, 4) is 0 Å². The maximum absolute atomic E-state index is 5.83. The van der Waals surface area contributed by atoms with Crippen molar-refractivity contribution in [2.75, 3.05) is 19.0 Å². The standard InChI is InChI=1S/C14H21NOS/c1-11(15)13-2-4-14(5-3-13)17-10-12-6-8-16-9-7-12/h2-5,11-12H,6-10,15H2,1H3. The van der Waals surface area contributed by atoms with Crippen molar-refractivity contribution >= 4 is 11.8 Å². The van der Waals surface area contributed by atoms with E-state index in [4.69, 9.17) is 10.5 Å². The predicted molar refractivity (Wildman–Crippen MR) is 73.3 cm³/mol. The van der Waals surface area contributed by atoms with Crippen LogP contribution in [0.5, 0.6) is 0 Å². The average Bonchev–Trinajstić information content (AvgIpc) is 2.38. The fourth-order valence-electron chi connectivity index (χ4n) is 1.99. The number of hydrogen-bond acceptors (Lipinski definition) is 3. The van der Waals surface area contributed by atoms with Gasteiger partial charge in [0.2, 0.25) is 0 Å². The van der Waals surface area contributed by atoms with Crippen LogP contribution in [0.3, 0.4) is 0 Å². The predicted octanol–water partition coefficient (Wildman–Crippen LogP) is 3.23. The summed E-state index contributed by atoms with van der Waals surface area (Å²) in [6.45, 7) is 3.90. The minimum Gasteiger partial charge on any atom is -0.381 e. The first kappa shape index (κ1) is 12.9. The number of hydrogen-bond donors (Lipinski definition) is 1. The second kappa shape index (κ2) is 6.43. The fourth-order valence-corrected chi connectivity index (χ4v) is 3.08. The van der Waals surface area contributed by atoms with Gasteiger partial charge in [0.25, 0.3) is 0 Å². The molecule has 0 spiro atoms. The molecule has 0 aliphatic carbocycles. The van der Waals surface area contributed by atoms with Crippen molar-refractivity contribution in [3.63, 3.8) is 0 Å². The Hall–Kier alpha value is -0.510. The highest BCUT2D eigenvalue weighted by Crippen LogP contribution is 2.26. The lowest BCUT2D eigenvalue weighted by molar-refractivity contribution is 0.0728. The molecule has 0 aromatic heterocycles. The third kappa shape index (κ3) is 4.02. The molecule has 1 fully saturated rings. The van der Waals surface area contributed by atoms with E-state index in [-0.39, 0.29) is 6.04 Å². The van der Waals surface area contributed by atoms with E-state index in [0.717, 1.165) is 19.1 Å². The van der Waals surface area contributed by atoms with Crippen LogP contribution in [0.25, 0.3) is 0 Å². The Kier molecular flexibility index (Phi) is 4.89. The Morgan fingerprint density at radius 3 is 2.53 bits per heavy atom. The second-order valence-electron chi connectivity index (χ2n) is 4.72. The van der Waals surface area contributed by atoms with E-state index in [1.807, 2.05) is 18.7 Å². The summed E-state index contributed by atoms with van der Waals surface area (Å²) >= 11 is 1.95. The van der Waals surface area contributed by atoms with Gasteiger partial charge in [-0.2, -0.15) is 0 Å². The van der Waals surface area contributed by atoms with Gasteiger partial charge >= 0.3 is 0 Å². The van der Waals surface area contributed by atoms with Crippen LogP contribution in [-0.2, 0) is 4.74 Å². The molecule has 0 bridgehead atoms. The monoisotopic (exact) mass is 251 g/mol. The number of nitrogens with two attached hydrogens (primary N) is 1. The van der Waals surface area contributed by atoms with Gasteiger partial charge in [0.05, 0.1) is 0 Å². The minimum absolute atomic E-state index is 0.129. The van der Waals surface area contributed by atoms with E-state index in [0.29, 0.717) is 0 Å². The summed E-state index contributed by atoms with van der Waals surface area (Å²) in [7, 11) is 0. The smallest absolute Gasteiger partial charge is 0.0468 e. The molecule has 2 nitrogen and oxygen atoms in total. The summed E-state index contributed by atoms with van der Waals surface area (Å²) < 4.78 is 5.37. The van der Waals surface area contributed by atoms with E-state index in [2.05, 4.69) is 24.3 Å². The first-order valence-corrected chi connectivity index (χ1v) is 7.30. The lowest BCUT2D eigenvalue weighted by atomic mass is 10.0. The first-order chi connectivity index (χ1) is 8.25. The van der Waals surface area contributed by atoms with Gasteiger partial charge < -0.3 is 10.5 Å². The van der Waals surface area contributed by atoms with Crippen LogP contribution in [0.15, 0.2) is 29.2 Å². The van der Waals surface area contributed by atoms with E-state index in [1.54, 1.807) is 0 Å². The highest BCUT2D eigenvalue weighted by Gasteiger charge is 2.13. The maximum Gasteiger partial charge on any atom is 0.0468 e. The Morgan fingerprint density at radius 2 is 1.94 bits per heavy atom. The molecule has 1 aromatic carbocycles. The van der Waals surface area contributed by atoms with Gasteiger partial charge in [0.1, 0.15) is 0 Å². The molecule has 2 rings (SSSR count). The lowest BCUT2D eigenvalue weighted by Crippen LogP contribution is -2.17. The van der Waals surface area contributed by atoms with E-state index < -0.39 is 0 Å². The highest BCUT2D eigenvalue weighted by molar-refractivity contribution is 7.99. The first-order valence-electron chi connectivity index (χ1n) is 6.32. The summed E-state index contributed by atoms with van der Waals surface area (Å²) in [5.41, 5.74) is 7.04. The van der Waals surface area contributed by atoms with Crippen molar-refractivity contribution in [1.29, 1.82) is 0 Å². The number of benzene rings is 1. The molecular formula is C14H21NOS. The van der Waals surface area contributed by atoms with Gasteiger partial charge in [-0.05, 0) is 43.4 Å². The number of rotatable bonds is 4. The zero-order chi connectivity index (χ0) is 12.1. The summed E-state index contributed by atoms with van der Waals surface area (Å²) in [6, 6.07) is 8.77. The molecule has 3 heteroatoms. The molecule has 1 unspecified atom stereocenters. The van der Waals surface area contributed by atoms with Gasteiger partial charge in [-0.3, -0.25) is 0 Å². The molecule has 2 N–H and O–H groups in total. The Balaban J connectivity index is 1.82. The molecular weight excluding hydrogens is 230 g/mol. The van der Waals surface area contributed by atoms with E-state index in [1.165, 1.54) is 29.1 Å². The van der Waals surface area contributed by atoms with Gasteiger partial charge in [0, 0.05) is 29.9 Å². The average molecular weight is 251 g/mol. The van der Waals surface area contributed by atoms with Crippen LogP contribution in [0, 0.1) is 5.92 Å². The van der Waals surface area contributed by atoms with Crippen molar-refractivity contribution in [2.45, 2.75) is 30.7 Å². The third-order valence-electron chi connectivity index (χ3n) is 3.23. The summed E-state index contributed by atoms with van der Waals surface area (Å²) in [5, 5.41) is 0. The second-order valence-corrected chi connectivity index (χ2v) is 5.82. The molecule has 1 atom stereocenters. The molecule has 0 radical (unpaired) electrons. The number of thioether (sulfide) groups is 1. The fraction of sp³-hybridized carbons (Fsp3) is 0.571. The molecule has 1 saturated heterocycles. The lowest BCUT2D eigenvalue weighted by Gasteiger charge is -2.21. The van der Waals surface area contributed by atoms with Crippen LogP contribution in [0.2, 0.25) is 0 Å². The summed E-state index contributed by atoms with van der Waals surface area (Å²) in [6.07, 6.45) is 2.43. The highest BCUT2D eigenvalue weighted by atomic mass is 32.2. The quantitative estimate of drug-likeness (QED) is 0.834. The molecule has 94 valence electrons. The molecule has 0 amide bonds. The molecule has 0 saturated carbocycles. The van der Waals surface area contributed by atoms with Crippen LogP contribution in [0.4, 0.5) is 0 Å². The van der Waals surface area contributed by atoms with Crippen molar-refractivity contribution in [3.05, 3.63) is 29.8 Å². The van der Waals surface area contributed by atoms with Crippen LogP contribution in [-0.4, -0.2) is 19.0 Å². The molecule has 1 aromatic rings. The zero-order valence-corrected chi connectivity index (χ0v) is 11.2. The van der Waals surface area contributed by atoms with E-state index in [9.17, 15) is 0 Å². The SMILES string of the molecule is CC(N)c1ccc(SCC2CCOCC2)cc1.